The molecule has 3 aliphatic heterocycles. The number of piperidine rings is 1. The molecule has 8 heteroatoms. The lowest BCUT2D eigenvalue weighted by atomic mass is 9.74. The van der Waals surface area contributed by atoms with Gasteiger partial charge >= 0.3 is 0 Å². The quantitative estimate of drug-likeness (QED) is 0.570. The predicted octanol–water partition coefficient (Wildman–Crippen LogP) is 0.956. The molecule has 0 radical (unpaired) electrons. The highest BCUT2D eigenvalue weighted by Gasteiger charge is 2.42. The van der Waals surface area contributed by atoms with Gasteiger partial charge in [0.15, 0.2) is 0 Å². The normalized spacial score (nSPS) is 31.1. The number of nitrogens with two attached hydrogens (primary N) is 1. The molecule has 8 nitrogen and oxygen atoms in total. The number of fused-ring (bicyclic) bond motifs is 1. The van der Waals surface area contributed by atoms with E-state index in [1.165, 1.54) is 0 Å². The Morgan fingerprint density at radius 1 is 1.26 bits per heavy atom. The maximum absolute atomic E-state index is 13.5. The van der Waals surface area contributed by atoms with Gasteiger partial charge in [0.2, 0.25) is 17.7 Å². The van der Waals surface area contributed by atoms with Gasteiger partial charge in [-0.1, -0.05) is 26.0 Å². The first-order chi connectivity index (χ1) is 14.8. The van der Waals surface area contributed by atoms with Crippen molar-refractivity contribution in [1.82, 2.24) is 15.5 Å². The first-order valence-corrected chi connectivity index (χ1v) is 11.6. The Kier molecular flexibility index (Phi) is 8.11. The number of nitrogens with one attached hydrogen (secondary N) is 2. The number of allylic oxidation sites excluding steroid dienone is 2. The van der Waals surface area contributed by atoms with Crippen molar-refractivity contribution in [3.8, 4) is 0 Å². The van der Waals surface area contributed by atoms with Gasteiger partial charge in [0.1, 0.15) is 6.04 Å². The molecule has 3 heterocycles. The Morgan fingerprint density at radius 2 is 2.00 bits per heavy atom. The molecule has 31 heavy (non-hydrogen) atoms. The number of likely N-dealkylation sites (tertiary alicyclic amines) is 1. The van der Waals surface area contributed by atoms with E-state index in [4.69, 9.17) is 10.5 Å². The van der Waals surface area contributed by atoms with Crippen LogP contribution in [0.5, 0.6) is 0 Å². The van der Waals surface area contributed by atoms with E-state index in [-0.39, 0.29) is 42.1 Å². The van der Waals surface area contributed by atoms with Crippen molar-refractivity contribution in [2.45, 2.75) is 64.5 Å². The molecular weight excluding hydrogens is 396 g/mol. The van der Waals surface area contributed by atoms with Gasteiger partial charge in [-0.2, -0.15) is 0 Å². The second kappa shape index (κ2) is 10.6. The number of primary amides is 1. The molecular formula is C23H38N4O4. The number of hydrogen-bond acceptors (Lipinski definition) is 5. The second-order valence-electron chi connectivity index (χ2n) is 9.83. The van der Waals surface area contributed by atoms with Crippen molar-refractivity contribution < 1.29 is 19.1 Å². The zero-order valence-electron chi connectivity index (χ0n) is 18.9. The number of ether oxygens (including phenoxy) is 1. The topological polar surface area (TPSA) is 114 Å². The Balaban J connectivity index is 1.81. The maximum Gasteiger partial charge on any atom is 0.242 e. The highest BCUT2D eigenvalue weighted by Crippen LogP contribution is 2.36. The van der Waals surface area contributed by atoms with E-state index in [2.05, 4.69) is 36.6 Å². The standard InChI is InChI=1S/C23H38N4O4/c1-16(2)13-19-21(29)25-18-6-12-31-15-17(18)5-3-4-7-23(22(30)26-19)8-10-27(11-9-23)14-20(24)28/h3-4,16-19H,5-15H2,1-2H3,(H2,24,28)(H,25,29)(H,26,30)/b4-3-/t17-,18+,19-/m1/s1. The molecule has 0 aromatic carbocycles. The van der Waals surface area contributed by atoms with E-state index in [1.807, 2.05) is 4.90 Å². The second-order valence-corrected chi connectivity index (χ2v) is 9.83. The highest BCUT2D eigenvalue weighted by atomic mass is 16.5. The van der Waals surface area contributed by atoms with Crippen molar-refractivity contribution in [2.24, 2.45) is 23.0 Å². The summed E-state index contributed by atoms with van der Waals surface area (Å²) in [6, 6.07) is -0.470. The van der Waals surface area contributed by atoms with Crippen LogP contribution in [0.2, 0.25) is 0 Å². The van der Waals surface area contributed by atoms with Crippen LogP contribution in [-0.2, 0) is 19.1 Å². The largest absolute Gasteiger partial charge is 0.381 e. The molecule has 3 atom stereocenters. The smallest absolute Gasteiger partial charge is 0.242 e. The fourth-order valence-electron chi connectivity index (χ4n) is 4.98. The summed E-state index contributed by atoms with van der Waals surface area (Å²) in [5, 5.41) is 6.31. The van der Waals surface area contributed by atoms with Crippen LogP contribution in [-0.4, -0.2) is 67.6 Å². The maximum atomic E-state index is 13.5. The lowest BCUT2D eigenvalue weighted by Gasteiger charge is -2.41. The minimum absolute atomic E-state index is 0.0548. The predicted molar refractivity (Wildman–Crippen MR) is 118 cm³/mol. The third kappa shape index (κ3) is 6.29. The van der Waals surface area contributed by atoms with Gasteiger partial charge in [0, 0.05) is 18.6 Å². The molecule has 174 valence electrons. The first-order valence-electron chi connectivity index (χ1n) is 11.6. The van der Waals surface area contributed by atoms with Crippen LogP contribution < -0.4 is 16.4 Å². The van der Waals surface area contributed by atoms with Crippen LogP contribution >= 0.6 is 0 Å². The van der Waals surface area contributed by atoms with Gasteiger partial charge < -0.3 is 21.1 Å². The summed E-state index contributed by atoms with van der Waals surface area (Å²) in [4.78, 5) is 40.0. The number of carbonyl (C=O) groups excluding carboxylic acids is 3. The summed E-state index contributed by atoms with van der Waals surface area (Å²) in [7, 11) is 0. The number of amides is 3. The summed E-state index contributed by atoms with van der Waals surface area (Å²) in [5.74, 6) is 0.0300. The molecule has 4 N–H and O–H groups in total. The fraction of sp³-hybridized carbons (Fsp3) is 0.783. The van der Waals surface area contributed by atoms with Crippen LogP contribution in [0.4, 0.5) is 0 Å². The Labute approximate surface area is 185 Å². The number of rotatable bonds is 4. The lowest BCUT2D eigenvalue weighted by Crippen LogP contribution is -2.57. The van der Waals surface area contributed by atoms with Gasteiger partial charge in [-0.05, 0) is 57.5 Å². The molecule has 1 spiro atoms. The summed E-state index contributed by atoms with van der Waals surface area (Å²) in [5.41, 5.74) is 4.78. The van der Waals surface area contributed by atoms with Gasteiger partial charge in [0.25, 0.3) is 0 Å². The van der Waals surface area contributed by atoms with E-state index < -0.39 is 11.5 Å². The molecule has 3 rings (SSSR count). The molecule has 2 saturated heterocycles. The summed E-state index contributed by atoms with van der Waals surface area (Å²) < 4.78 is 5.66. The fourth-order valence-corrected chi connectivity index (χ4v) is 4.98. The Hall–Kier alpha value is -1.93. The highest BCUT2D eigenvalue weighted by molar-refractivity contribution is 5.90. The van der Waals surface area contributed by atoms with Gasteiger partial charge in [-0.25, -0.2) is 0 Å². The van der Waals surface area contributed by atoms with Crippen LogP contribution in [0.25, 0.3) is 0 Å². The summed E-state index contributed by atoms with van der Waals surface area (Å²) >= 11 is 0. The average molecular weight is 435 g/mol. The van der Waals surface area contributed by atoms with Crippen molar-refractivity contribution >= 4 is 17.7 Å². The summed E-state index contributed by atoms with van der Waals surface area (Å²) in [6.45, 7) is 6.92. The van der Waals surface area contributed by atoms with E-state index in [0.29, 0.717) is 52.0 Å². The van der Waals surface area contributed by atoms with Crippen LogP contribution in [0.15, 0.2) is 12.2 Å². The number of carbonyl (C=O) groups is 3. The van der Waals surface area contributed by atoms with Crippen molar-refractivity contribution in [3.63, 3.8) is 0 Å². The minimum Gasteiger partial charge on any atom is -0.381 e. The van der Waals surface area contributed by atoms with E-state index in [0.717, 1.165) is 12.8 Å². The minimum atomic E-state index is -0.568. The van der Waals surface area contributed by atoms with E-state index >= 15 is 0 Å². The van der Waals surface area contributed by atoms with Crippen molar-refractivity contribution in [1.29, 1.82) is 0 Å². The number of nitrogens with zero attached hydrogens (tertiary/aromatic N) is 1. The molecule has 0 aromatic heterocycles. The monoisotopic (exact) mass is 434 g/mol. The number of hydrogen-bond donors (Lipinski definition) is 3. The molecule has 0 unspecified atom stereocenters. The molecule has 0 aliphatic carbocycles. The average Bonchev–Trinajstić information content (AvgIpc) is 2.71. The zero-order valence-corrected chi connectivity index (χ0v) is 18.9. The van der Waals surface area contributed by atoms with Crippen molar-refractivity contribution in [2.75, 3.05) is 32.8 Å². The molecule has 0 saturated carbocycles. The molecule has 3 aliphatic rings. The van der Waals surface area contributed by atoms with Gasteiger partial charge in [-0.15, -0.1) is 0 Å². The van der Waals surface area contributed by atoms with Crippen LogP contribution in [0.3, 0.4) is 0 Å². The van der Waals surface area contributed by atoms with Crippen LogP contribution in [0, 0.1) is 17.3 Å². The van der Waals surface area contributed by atoms with Gasteiger partial charge in [-0.3, -0.25) is 19.3 Å². The Morgan fingerprint density at radius 3 is 2.68 bits per heavy atom. The molecule has 3 amide bonds. The Bertz CT molecular complexity index is 685. The molecule has 2 fully saturated rings. The van der Waals surface area contributed by atoms with Gasteiger partial charge in [0.05, 0.1) is 18.6 Å². The zero-order chi connectivity index (χ0) is 22.4. The molecule has 0 bridgehead atoms. The van der Waals surface area contributed by atoms with Crippen LogP contribution in [0.1, 0.15) is 52.4 Å². The summed E-state index contributed by atoms with van der Waals surface area (Å²) in [6.07, 6.45) is 8.40. The SMILES string of the molecule is CC(C)C[C@H]1NC(=O)C2(C/C=C\C[C@@H]3COCC[C@@H]3NC1=O)CCN(CC(N)=O)CC2. The van der Waals surface area contributed by atoms with Crippen molar-refractivity contribution in [3.05, 3.63) is 12.2 Å². The third-order valence-electron chi connectivity index (χ3n) is 6.92. The lowest BCUT2D eigenvalue weighted by molar-refractivity contribution is -0.138. The first kappa shape index (κ1) is 23.7. The van der Waals surface area contributed by atoms with E-state index in [9.17, 15) is 14.4 Å². The molecule has 0 aromatic rings. The van der Waals surface area contributed by atoms with E-state index in [1.54, 1.807) is 0 Å². The third-order valence-corrected chi connectivity index (χ3v) is 6.92.